The van der Waals surface area contributed by atoms with Crippen LogP contribution in [-0.4, -0.2) is 44.8 Å². The molecule has 1 aliphatic heterocycles. The maximum Gasteiger partial charge on any atom is 0.276 e. The van der Waals surface area contributed by atoms with Gasteiger partial charge in [-0.2, -0.15) is 0 Å². The average molecular weight is 321 g/mol. The summed E-state index contributed by atoms with van der Waals surface area (Å²) in [5.41, 5.74) is 8.19. The van der Waals surface area contributed by atoms with E-state index in [0.29, 0.717) is 31.0 Å². The van der Waals surface area contributed by atoms with E-state index in [0.717, 1.165) is 0 Å². The number of aromatic nitrogens is 3. The number of rotatable bonds is 3. The number of carbonyl (C=O) groups excluding carboxylic acids is 1. The van der Waals surface area contributed by atoms with E-state index in [1.165, 1.54) is 5.56 Å². The van der Waals surface area contributed by atoms with Gasteiger partial charge in [-0.05, 0) is 18.0 Å². The van der Waals surface area contributed by atoms with Crippen LogP contribution >= 0.6 is 0 Å². The minimum atomic E-state index is -0.0799. The Bertz CT molecular complexity index is 860. The van der Waals surface area contributed by atoms with Gasteiger partial charge < -0.3 is 15.0 Å². The number of imidazole rings is 1. The number of fused-ring (bicyclic) bond motifs is 1. The Labute approximate surface area is 139 Å². The van der Waals surface area contributed by atoms with Gasteiger partial charge in [0.25, 0.3) is 5.91 Å². The third-order valence-electron chi connectivity index (χ3n) is 4.77. The molecule has 3 heterocycles. The van der Waals surface area contributed by atoms with E-state index in [1.807, 2.05) is 33.7 Å². The van der Waals surface area contributed by atoms with E-state index in [4.69, 9.17) is 5.73 Å². The summed E-state index contributed by atoms with van der Waals surface area (Å²) < 4.78 is 1.81. The largest absolute Gasteiger partial charge is 0.336 e. The first-order valence-electron chi connectivity index (χ1n) is 8.10. The fourth-order valence-electron chi connectivity index (χ4n) is 3.51. The van der Waals surface area contributed by atoms with Crippen LogP contribution in [0, 0.1) is 5.92 Å². The van der Waals surface area contributed by atoms with E-state index in [-0.39, 0.29) is 17.7 Å². The Kier molecular flexibility index (Phi) is 3.74. The fraction of sp³-hybridized carbons (Fsp3) is 0.278. The van der Waals surface area contributed by atoms with Crippen LogP contribution in [0.3, 0.4) is 0 Å². The van der Waals surface area contributed by atoms with Gasteiger partial charge in [0.2, 0.25) is 0 Å². The number of likely N-dealkylation sites (tertiary alicyclic amines) is 1. The Morgan fingerprint density at radius 2 is 1.88 bits per heavy atom. The predicted molar refractivity (Wildman–Crippen MR) is 90.6 cm³/mol. The van der Waals surface area contributed by atoms with E-state index in [1.54, 1.807) is 18.6 Å². The highest BCUT2D eigenvalue weighted by molar-refractivity contribution is 5.98. The molecular weight excluding hydrogens is 302 g/mol. The average Bonchev–Trinajstić information content (AvgIpc) is 3.28. The molecule has 4 rings (SSSR count). The van der Waals surface area contributed by atoms with Gasteiger partial charge in [-0.1, -0.05) is 30.3 Å². The number of nitrogens with zero attached hydrogens (tertiary/aromatic N) is 4. The first-order chi connectivity index (χ1) is 11.8. The number of benzene rings is 1. The molecule has 1 aromatic carbocycles. The minimum Gasteiger partial charge on any atom is -0.336 e. The van der Waals surface area contributed by atoms with Crippen molar-refractivity contribution in [1.82, 2.24) is 19.3 Å². The van der Waals surface area contributed by atoms with Crippen molar-refractivity contribution in [3.63, 3.8) is 0 Å². The Morgan fingerprint density at radius 3 is 2.62 bits per heavy atom. The van der Waals surface area contributed by atoms with Crippen molar-refractivity contribution >= 4 is 11.6 Å². The third kappa shape index (κ3) is 2.45. The molecule has 1 amide bonds. The molecule has 24 heavy (non-hydrogen) atoms. The molecule has 6 nitrogen and oxygen atoms in total. The summed E-state index contributed by atoms with van der Waals surface area (Å²) in [6.07, 6.45) is 6.91. The van der Waals surface area contributed by atoms with Gasteiger partial charge in [-0.25, -0.2) is 9.97 Å². The lowest BCUT2D eigenvalue weighted by atomic mass is 9.89. The zero-order valence-corrected chi connectivity index (χ0v) is 13.2. The van der Waals surface area contributed by atoms with Crippen molar-refractivity contribution in [2.75, 3.05) is 19.6 Å². The fourth-order valence-corrected chi connectivity index (χ4v) is 3.51. The van der Waals surface area contributed by atoms with Crippen molar-refractivity contribution in [2.45, 2.75) is 5.92 Å². The number of amides is 1. The molecule has 1 saturated heterocycles. The summed E-state index contributed by atoms with van der Waals surface area (Å²) in [5, 5.41) is 0. The lowest BCUT2D eigenvalue weighted by Crippen LogP contribution is -2.31. The zero-order chi connectivity index (χ0) is 16.5. The van der Waals surface area contributed by atoms with Crippen molar-refractivity contribution in [3.05, 3.63) is 66.4 Å². The highest BCUT2D eigenvalue weighted by atomic mass is 16.2. The van der Waals surface area contributed by atoms with Gasteiger partial charge in [-0.15, -0.1) is 0 Å². The van der Waals surface area contributed by atoms with Crippen LogP contribution in [-0.2, 0) is 0 Å². The molecule has 0 bridgehead atoms. The number of hydrogen-bond acceptors (Lipinski definition) is 4. The van der Waals surface area contributed by atoms with E-state index in [9.17, 15) is 4.79 Å². The molecule has 0 spiro atoms. The molecule has 0 aliphatic carbocycles. The second-order valence-electron chi connectivity index (χ2n) is 6.16. The van der Waals surface area contributed by atoms with Crippen molar-refractivity contribution < 1.29 is 4.79 Å². The molecule has 0 saturated carbocycles. The monoisotopic (exact) mass is 321 g/mol. The van der Waals surface area contributed by atoms with E-state index >= 15 is 0 Å². The summed E-state index contributed by atoms with van der Waals surface area (Å²) in [4.78, 5) is 23.3. The molecule has 0 unspecified atom stereocenters. The van der Waals surface area contributed by atoms with E-state index in [2.05, 4.69) is 22.1 Å². The summed E-state index contributed by atoms with van der Waals surface area (Å²) in [6, 6.07) is 10.3. The minimum absolute atomic E-state index is 0.0799. The predicted octanol–water partition coefficient (Wildman–Crippen LogP) is 1.54. The molecule has 0 radical (unpaired) electrons. The van der Waals surface area contributed by atoms with Crippen molar-refractivity contribution in [1.29, 1.82) is 0 Å². The van der Waals surface area contributed by atoms with Crippen LogP contribution in [0.25, 0.3) is 5.65 Å². The number of hydrogen-bond donors (Lipinski definition) is 1. The maximum atomic E-state index is 13.0. The summed E-state index contributed by atoms with van der Waals surface area (Å²) in [7, 11) is 0. The van der Waals surface area contributed by atoms with Crippen LogP contribution in [0.2, 0.25) is 0 Å². The Morgan fingerprint density at radius 1 is 1.12 bits per heavy atom. The van der Waals surface area contributed by atoms with Crippen molar-refractivity contribution in [2.24, 2.45) is 11.7 Å². The van der Waals surface area contributed by atoms with E-state index < -0.39 is 0 Å². The maximum absolute atomic E-state index is 13.0. The molecule has 6 heteroatoms. The van der Waals surface area contributed by atoms with Gasteiger partial charge in [0, 0.05) is 43.8 Å². The molecule has 2 atom stereocenters. The third-order valence-corrected chi connectivity index (χ3v) is 4.77. The summed E-state index contributed by atoms with van der Waals surface area (Å²) >= 11 is 0. The lowest BCUT2D eigenvalue weighted by molar-refractivity contribution is 0.0782. The quantitative estimate of drug-likeness (QED) is 0.794. The number of carbonyl (C=O) groups is 1. The molecular formula is C18H19N5O. The normalized spacial score (nSPS) is 20.6. The Hall–Kier alpha value is -2.73. The lowest BCUT2D eigenvalue weighted by Gasteiger charge is -2.16. The molecule has 1 aliphatic rings. The Balaban J connectivity index is 1.63. The molecule has 1 fully saturated rings. The topological polar surface area (TPSA) is 76.5 Å². The summed E-state index contributed by atoms with van der Waals surface area (Å²) in [5.74, 6) is 0.444. The summed E-state index contributed by atoms with van der Waals surface area (Å²) in [6.45, 7) is 1.87. The molecule has 2 N–H and O–H groups in total. The first-order valence-corrected chi connectivity index (χ1v) is 8.10. The highest BCUT2D eigenvalue weighted by Gasteiger charge is 2.36. The van der Waals surface area contributed by atoms with Gasteiger partial charge in [-0.3, -0.25) is 4.79 Å². The molecule has 3 aromatic rings. The van der Waals surface area contributed by atoms with Gasteiger partial charge in [0.05, 0.1) is 0 Å². The van der Waals surface area contributed by atoms with Crippen LogP contribution in [0.4, 0.5) is 0 Å². The zero-order valence-electron chi connectivity index (χ0n) is 13.2. The molecule has 2 aromatic heterocycles. The smallest absolute Gasteiger partial charge is 0.276 e. The van der Waals surface area contributed by atoms with Gasteiger partial charge in [0.1, 0.15) is 0 Å². The number of nitrogens with two attached hydrogens (primary N) is 1. The standard InChI is InChI=1S/C18H19N5O/c19-10-14-11-23(12-15(14)13-4-2-1-3-5-13)18(24)16-17-21-7-9-22(17)8-6-20-16/h1-9,14-15H,10-12,19H2/t14-,15+/m1/s1. The van der Waals surface area contributed by atoms with Crippen LogP contribution in [0.5, 0.6) is 0 Å². The van der Waals surface area contributed by atoms with Crippen LogP contribution in [0.15, 0.2) is 55.1 Å². The first kappa shape index (κ1) is 14.8. The highest BCUT2D eigenvalue weighted by Crippen LogP contribution is 2.32. The SMILES string of the molecule is NC[C@@H]1CN(C(=O)c2nccn3ccnc23)C[C@H]1c1ccccc1. The van der Waals surface area contributed by atoms with Gasteiger partial charge in [0.15, 0.2) is 11.3 Å². The second-order valence-corrected chi connectivity index (χ2v) is 6.16. The van der Waals surface area contributed by atoms with Crippen LogP contribution in [0.1, 0.15) is 22.0 Å². The molecule has 122 valence electrons. The second kappa shape index (κ2) is 6.05. The van der Waals surface area contributed by atoms with Gasteiger partial charge >= 0.3 is 0 Å². The van der Waals surface area contributed by atoms with Crippen molar-refractivity contribution in [3.8, 4) is 0 Å². The van der Waals surface area contributed by atoms with Crippen LogP contribution < -0.4 is 5.73 Å².